The van der Waals surface area contributed by atoms with Crippen LogP contribution in [0.2, 0.25) is 0 Å². The first-order valence-corrected chi connectivity index (χ1v) is 6.63. The largest absolute Gasteiger partial charge is 0.497 e. The summed E-state index contributed by atoms with van der Waals surface area (Å²) in [5, 5.41) is -0.314. The summed E-state index contributed by atoms with van der Waals surface area (Å²) in [6.45, 7) is 0. The SMILES string of the molecule is COc1cccc(C(Cl)c2ccc(OC)cc2OC)c1. The van der Waals surface area contributed by atoms with E-state index in [4.69, 9.17) is 25.8 Å². The number of alkyl halides is 1. The molecular formula is C16H17ClO3. The van der Waals surface area contributed by atoms with Crippen LogP contribution in [0.25, 0.3) is 0 Å². The van der Waals surface area contributed by atoms with E-state index in [1.54, 1.807) is 21.3 Å². The van der Waals surface area contributed by atoms with E-state index in [9.17, 15) is 0 Å². The van der Waals surface area contributed by atoms with E-state index in [1.165, 1.54) is 0 Å². The molecule has 3 nitrogen and oxygen atoms in total. The molecule has 1 unspecified atom stereocenters. The van der Waals surface area contributed by atoms with E-state index in [0.29, 0.717) is 5.75 Å². The highest BCUT2D eigenvalue weighted by molar-refractivity contribution is 6.22. The highest BCUT2D eigenvalue weighted by Gasteiger charge is 2.17. The van der Waals surface area contributed by atoms with Crippen molar-refractivity contribution in [3.05, 3.63) is 53.6 Å². The molecule has 0 aliphatic heterocycles. The van der Waals surface area contributed by atoms with Crippen LogP contribution < -0.4 is 14.2 Å². The van der Waals surface area contributed by atoms with Crippen LogP contribution in [-0.4, -0.2) is 21.3 Å². The highest BCUT2D eigenvalue weighted by atomic mass is 35.5. The first-order chi connectivity index (χ1) is 9.69. The van der Waals surface area contributed by atoms with Crippen molar-refractivity contribution in [3.8, 4) is 17.2 Å². The molecule has 0 heterocycles. The molecule has 20 heavy (non-hydrogen) atoms. The molecule has 2 aromatic carbocycles. The van der Waals surface area contributed by atoms with Crippen molar-refractivity contribution in [1.82, 2.24) is 0 Å². The molecule has 0 fully saturated rings. The van der Waals surface area contributed by atoms with Gasteiger partial charge in [0.2, 0.25) is 0 Å². The Hall–Kier alpha value is -1.87. The minimum Gasteiger partial charge on any atom is -0.497 e. The van der Waals surface area contributed by atoms with Gasteiger partial charge < -0.3 is 14.2 Å². The lowest BCUT2D eigenvalue weighted by atomic mass is 10.0. The summed E-state index contributed by atoms with van der Waals surface area (Å²) in [5.41, 5.74) is 1.85. The summed E-state index contributed by atoms with van der Waals surface area (Å²) in [7, 11) is 4.87. The van der Waals surface area contributed by atoms with E-state index in [-0.39, 0.29) is 5.38 Å². The van der Waals surface area contributed by atoms with Crippen molar-refractivity contribution in [2.75, 3.05) is 21.3 Å². The first kappa shape index (κ1) is 14.5. The molecule has 1 atom stereocenters. The molecule has 0 radical (unpaired) electrons. The van der Waals surface area contributed by atoms with Gasteiger partial charge in [0.15, 0.2) is 0 Å². The number of hydrogen-bond donors (Lipinski definition) is 0. The minimum absolute atomic E-state index is 0.314. The lowest BCUT2D eigenvalue weighted by molar-refractivity contribution is 0.391. The van der Waals surface area contributed by atoms with Gasteiger partial charge in [-0.15, -0.1) is 11.6 Å². The van der Waals surface area contributed by atoms with Crippen LogP contribution >= 0.6 is 11.6 Å². The summed E-state index contributed by atoms with van der Waals surface area (Å²) in [6.07, 6.45) is 0. The molecule has 0 saturated heterocycles. The zero-order valence-electron chi connectivity index (χ0n) is 11.7. The molecule has 0 bridgehead atoms. The number of halogens is 1. The van der Waals surface area contributed by atoms with Gasteiger partial charge in [0, 0.05) is 11.6 Å². The lowest BCUT2D eigenvalue weighted by Crippen LogP contribution is -1.98. The topological polar surface area (TPSA) is 27.7 Å². The minimum atomic E-state index is -0.314. The van der Waals surface area contributed by atoms with Crippen LogP contribution in [-0.2, 0) is 0 Å². The quantitative estimate of drug-likeness (QED) is 0.779. The number of rotatable bonds is 5. The predicted octanol–water partition coefficient (Wildman–Crippen LogP) is 4.04. The van der Waals surface area contributed by atoms with Crippen LogP contribution in [0.1, 0.15) is 16.5 Å². The molecule has 0 amide bonds. The van der Waals surface area contributed by atoms with E-state index in [0.717, 1.165) is 22.6 Å². The van der Waals surface area contributed by atoms with Crippen molar-refractivity contribution >= 4 is 11.6 Å². The van der Waals surface area contributed by atoms with Crippen LogP contribution in [0.3, 0.4) is 0 Å². The maximum absolute atomic E-state index is 6.56. The normalized spacial score (nSPS) is 11.8. The highest BCUT2D eigenvalue weighted by Crippen LogP contribution is 2.37. The van der Waals surface area contributed by atoms with Gasteiger partial charge in [0.25, 0.3) is 0 Å². The Labute approximate surface area is 124 Å². The van der Waals surface area contributed by atoms with E-state index >= 15 is 0 Å². The smallest absolute Gasteiger partial charge is 0.127 e. The summed E-state index contributed by atoms with van der Waals surface area (Å²) in [5.74, 6) is 2.22. The molecule has 0 saturated carbocycles. The van der Waals surface area contributed by atoms with Crippen molar-refractivity contribution in [2.24, 2.45) is 0 Å². The molecule has 4 heteroatoms. The molecule has 0 aromatic heterocycles. The average Bonchev–Trinajstić information content (AvgIpc) is 2.53. The Morgan fingerprint density at radius 2 is 1.55 bits per heavy atom. The number of hydrogen-bond acceptors (Lipinski definition) is 3. The first-order valence-electron chi connectivity index (χ1n) is 6.19. The molecule has 0 N–H and O–H groups in total. The molecule has 0 aliphatic rings. The second-order valence-electron chi connectivity index (χ2n) is 4.25. The zero-order chi connectivity index (χ0) is 14.5. The van der Waals surface area contributed by atoms with Crippen molar-refractivity contribution in [2.45, 2.75) is 5.38 Å². The molecule has 2 aromatic rings. The second kappa shape index (κ2) is 6.53. The molecule has 106 valence electrons. The van der Waals surface area contributed by atoms with Gasteiger partial charge in [-0.05, 0) is 29.8 Å². The predicted molar refractivity (Wildman–Crippen MR) is 80.2 cm³/mol. The third-order valence-electron chi connectivity index (χ3n) is 3.10. The van der Waals surface area contributed by atoms with Gasteiger partial charge in [0.1, 0.15) is 17.2 Å². The van der Waals surface area contributed by atoms with Gasteiger partial charge in [0.05, 0.1) is 26.7 Å². The third-order valence-corrected chi connectivity index (χ3v) is 3.59. The van der Waals surface area contributed by atoms with Gasteiger partial charge in [-0.3, -0.25) is 0 Å². The van der Waals surface area contributed by atoms with Crippen molar-refractivity contribution in [1.29, 1.82) is 0 Å². The molecule has 2 rings (SSSR count). The second-order valence-corrected chi connectivity index (χ2v) is 4.68. The van der Waals surface area contributed by atoms with E-state index in [1.807, 2.05) is 42.5 Å². The zero-order valence-corrected chi connectivity index (χ0v) is 12.5. The monoisotopic (exact) mass is 292 g/mol. The fraction of sp³-hybridized carbons (Fsp3) is 0.250. The Bertz CT molecular complexity index is 584. The molecule has 0 aliphatic carbocycles. The number of ether oxygens (including phenoxy) is 3. The summed E-state index contributed by atoms with van der Waals surface area (Å²) < 4.78 is 15.8. The van der Waals surface area contributed by atoms with Crippen LogP contribution in [0.4, 0.5) is 0 Å². The van der Waals surface area contributed by atoms with Gasteiger partial charge in [-0.1, -0.05) is 12.1 Å². The average molecular weight is 293 g/mol. The van der Waals surface area contributed by atoms with Crippen molar-refractivity contribution in [3.63, 3.8) is 0 Å². The van der Waals surface area contributed by atoms with Crippen LogP contribution in [0.5, 0.6) is 17.2 Å². The Morgan fingerprint density at radius 3 is 2.20 bits per heavy atom. The third kappa shape index (κ3) is 2.99. The van der Waals surface area contributed by atoms with Gasteiger partial charge in [-0.2, -0.15) is 0 Å². The molecular weight excluding hydrogens is 276 g/mol. The van der Waals surface area contributed by atoms with Crippen LogP contribution in [0, 0.1) is 0 Å². The molecule has 0 spiro atoms. The Balaban J connectivity index is 2.39. The van der Waals surface area contributed by atoms with E-state index < -0.39 is 0 Å². The Kier molecular flexibility index (Phi) is 4.74. The lowest BCUT2D eigenvalue weighted by Gasteiger charge is -2.16. The fourth-order valence-electron chi connectivity index (χ4n) is 2.01. The number of benzene rings is 2. The van der Waals surface area contributed by atoms with Crippen LogP contribution in [0.15, 0.2) is 42.5 Å². The van der Waals surface area contributed by atoms with E-state index in [2.05, 4.69) is 0 Å². The van der Waals surface area contributed by atoms with Gasteiger partial charge >= 0.3 is 0 Å². The maximum atomic E-state index is 6.56. The maximum Gasteiger partial charge on any atom is 0.127 e. The number of methoxy groups -OCH3 is 3. The fourth-order valence-corrected chi connectivity index (χ4v) is 2.32. The van der Waals surface area contributed by atoms with Gasteiger partial charge in [-0.25, -0.2) is 0 Å². The summed E-state index contributed by atoms with van der Waals surface area (Å²) >= 11 is 6.56. The van der Waals surface area contributed by atoms with Crippen molar-refractivity contribution < 1.29 is 14.2 Å². The standard InChI is InChI=1S/C16H17ClO3/c1-18-12-6-4-5-11(9-12)16(17)14-8-7-13(19-2)10-15(14)20-3/h4-10,16H,1-3H3. The summed E-state index contributed by atoms with van der Waals surface area (Å²) in [6, 6.07) is 13.3. The summed E-state index contributed by atoms with van der Waals surface area (Å²) in [4.78, 5) is 0. The Morgan fingerprint density at radius 1 is 0.850 bits per heavy atom.